The molecule has 3 rings (SSSR count). The lowest BCUT2D eigenvalue weighted by Crippen LogP contribution is -2.46. The van der Waals surface area contributed by atoms with Crippen molar-refractivity contribution in [2.75, 3.05) is 25.5 Å². The van der Waals surface area contributed by atoms with Crippen molar-refractivity contribution >= 4 is 17.5 Å². The Morgan fingerprint density at radius 1 is 1.45 bits per heavy atom. The summed E-state index contributed by atoms with van der Waals surface area (Å²) in [7, 11) is 1.93. The molecule has 2 aliphatic rings. The van der Waals surface area contributed by atoms with Gasteiger partial charge in [0, 0.05) is 30.4 Å². The zero-order valence-corrected chi connectivity index (χ0v) is 11.6. The van der Waals surface area contributed by atoms with E-state index in [-0.39, 0.29) is 11.8 Å². The normalized spacial score (nSPS) is 21.6. The van der Waals surface area contributed by atoms with E-state index in [4.69, 9.17) is 0 Å². The summed E-state index contributed by atoms with van der Waals surface area (Å²) in [5.41, 5.74) is 2.41. The van der Waals surface area contributed by atoms with Gasteiger partial charge in [0.1, 0.15) is 0 Å². The number of likely N-dealkylation sites (tertiary alicyclic amines) is 1. The number of carbonyl (C=O) groups excluding carboxylic acids is 2. The summed E-state index contributed by atoms with van der Waals surface area (Å²) in [4.78, 5) is 25.8. The second-order valence-electron chi connectivity index (χ2n) is 5.48. The fourth-order valence-corrected chi connectivity index (χ4v) is 2.93. The maximum atomic E-state index is 12.5. The molecular weight excluding hydrogens is 254 g/mol. The van der Waals surface area contributed by atoms with Crippen molar-refractivity contribution in [1.29, 1.82) is 0 Å². The van der Waals surface area contributed by atoms with Crippen molar-refractivity contribution in [2.24, 2.45) is 0 Å². The number of likely N-dealkylation sites (N-methyl/N-ethyl adjacent to an activating group) is 1. The largest absolute Gasteiger partial charge is 0.337 e. The minimum Gasteiger partial charge on any atom is -0.337 e. The summed E-state index contributed by atoms with van der Waals surface area (Å²) in [6.45, 7) is 1.55. The lowest BCUT2D eigenvalue weighted by Gasteiger charge is -2.32. The molecule has 20 heavy (non-hydrogen) atoms. The molecule has 1 unspecified atom stereocenters. The highest BCUT2D eigenvalue weighted by molar-refractivity contribution is 6.02. The number of amides is 2. The monoisotopic (exact) mass is 273 g/mol. The Morgan fingerprint density at radius 2 is 2.30 bits per heavy atom. The predicted octanol–water partition coefficient (Wildman–Crippen LogP) is 1.01. The van der Waals surface area contributed by atoms with Crippen molar-refractivity contribution < 1.29 is 9.59 Å². The van der Waals surface area contributed by atoms with Gasteiger partial charge in [-0.05, 0) is 37.6 Å². The number of nitrogens with one attached hydrogen (secondary N) is 2. The van der Waals surface area contributed by atoms with Crippen LogP contribution in [0.2, 0.25) is 0 Å². The molecule has 2 aliphatic heterocycles. The summed E-state index contributed by atoms with van der Waals surface area (Å²) in [6.07, 6.45) is 2.55. The first-order chi connectivity index (χ1) is 9.67. The minimum atomic E-state index is -0.00202. The Hall–Kier alpha value is -1.88. The van der Waals surface area contributed by atoms with Gasteiger partial charge < -0.3 is 15.5 Å². The van der Waals surface area contributed by atoms with Crippen molar-refractivity contribution in [3.8, 4) is 0 Å². The molecule has 5 nitrogen and oxygen atoms in total. The SMILES string of the molecule is CNC1CCCN(C(=O)c2ccc3c(c2)NC(=O)C3)C1. The number of nitrogens with zero attached hydrogens (tertiary/aromatic N) is 1. The summed E-state index contributed by atoms with van der Waals surface area (Å²) in [5.74, 6) is 0.0479. The van der Waals surface area contributed by atoms with Gasteiger partial charge in [-0.25, -0.2) is 0 Å². The van der Waals surface area contributed by atoms with Gasteiger partial charge in [-0.15, -0.1) is 0 Å². The molecule has 0 radical (unpaired) electrons. The maximum absolute atomic E-state index is 12.5. The Bertz CT molecular complexity index is 556. The molecule has 1 saturated heterocycles. The van der Waals surface area contributed by atoms with Crippen LogP contribution in [-0.4, -0.2) is 42.9 Å². The van der Waals surface area contributed by atoms with Crippen LogP contribution in [-0.2, 0) is 11.2 Å². The number of rotatable bonds is 2. The van der Waals surface area contributed by atoms with E-state index in [0.29, 0.717) is 18.0 Å². The summed E-state index contributed by atoms with van der Waals surface area (Å²) >= 11 is 0. The van der Waals surface area contributed by atoms with E-state index in [1.54, 1.807) is 6.07 Å². The van der Waals surface area contributed by atoms with Crippen LogP contribution in [0.1, 0.15) is 28.8 Å². The molecular formula is C15H19N3O2. The van der Waals surface area contributed by atoms with Crippen LogP contribution in [0.25, 0.3) is 0 Å². The lowest BCUT2D eigenvalue weighted by atomic mass is 10.0. The van der Waals surface area contributed by atoms with Crippen LogP contribution in [0.5, 0.6) is 0 Å². The third kappa shape index (κ3) is 2.41. The standard InChI is InChI=1S/C15H19N3O2/c1-16-12-3-2-6-18(9-12)15(20)11-5-4-10-8-14(19)17-13(10)7-11/h4-5,7,12,16H,2-3,6,8-9H2,1H3,(H,17,19). The second-order valence-corrected chi connectivity index (χ2v) is 5.48. The summed E-state index contributed by atoms with van der Waals surface area (Å²) < 4.78 is 0. The zero-order chi connectivity index (χ0) is 14.1. The first-order valence-electron chi connectivity index (χ1n) is 7.06. The maximum Gasteiger partial charge on any atom is 0.253 e. The number of carbonyl (C=O) groups is 2. The fraction of sp³-hybridized carbons (Fsp3) is 0.467. The van der Waals surface area contributed by atoms with Crippen LogP contribution in [0.15, 0.2) is 18.2 Å². The first kappa shape index (κ1) is 13.1. The molecule has 1 aromatic rings. The van der Waals surface area contributed by atoms with Gasteiger partial charge in [0.25, 0.3) is 5.91 Å². The van der Waals surface area contributed by atoms with Crippen molar-refractivity contribution in [1.82, 2.24) is 10.2 Å². The van der Waals surface area contributed by atoms with Gasteiger partial charge in [-0.1, -0.05) is 6.07 Å². The number of hydrogen-bond donors (Lipinski definition) is 2. The van der Waals surface area contributed by atoms with E-state index in [1.165, 1.54) is 0 Å². The molecule has 0 spiro atoms. The average Bonchev–Trinajstić information content (AvgIpc) is 2.85. The molecule has 1 aromatic carbocycles. The third-order valence-corrected chi connectivity index (χ3v) is 4.10. The lowest BCUT2D eigenvalue weighted by molar-refractivity contribution is -0.115. The van der Waals surface area contributed by atoms with Crippen LogP contribution in [0.3, 0.4) is 0 Å². The summed E-state index contributed by atoms with van der Waals surface area (Å²) in [6, 6.07) is 5.87. The molecule has 0 saturated carbocycles. The molecule has 2 heterocycles. The Morgan fingerprint density at radius 3 is 3.10 bits per heavy atom. The van der Waals surface area contributed by atoms with E-state index in [1.807, 2.05) is 24.1 Å². The third-order valence-electron chi connectivity index (χ3n) is 4.10. The van der Waals surface area contributed by atoms with E-state index < -0.39 is 0 Å². The van der Waals surface area contributed by atoms with Gasteiger partial charge in [0.2, 0.25) is 5.91 Å². The van der Waals surface area contributed by atoms with Crippen molar-refractivity contribution in [3.63, 3.8) is 0 Å². The average molecular weight is 273 g/mol. The molecule has 1 fully saturated rings. The van der Waals surface area contributed by atoms with Crippen molar-refractivity contribution in [3.05, 3.63) is 29.3 Å². The second kappa shape index (κ2) is 5.25. The number of anilines is 1. The highest BCUT2D eigenvalue weighted by atomic mass is 16.2. The number of fused-ring (bicyclic) bond motifs is 1. The first-order valence-corrected chi connectivity index (χ1v) is 7.06. The van der Waals surface area contributed by atoms with E-state index in [9.17, 15) is 9.59 Å². The smallest absolute Gasteiger partial charge is 0.253 e. The zero-order valence-electron chi connectivity index (χ0n) is 11.6. The van der Waals surface area contributed by atoms with Gasteiger partial charge in [0.05, 0.1) is 6.42 Å². The molecule has 106 valence electrons. The van der Waals surface area contributed by atoms with E-state index in [0.717, 1.165) is 37.2 Å². The Labute approximate surface area is 118 Å². The molecule has 2 amide bonds. The predicted molar refractivity (Wildman–Crippen MR) is 76.8 cm³/mol. The van der Waals surface area contributed by atoms with Crippen LogP contribution in [0.4, 0.5) is 5.69 Å². The van der Waals surface area contributed by atoms with Crippen LogP contribution >= 0.6 is 0 Å². The summed E-state index contributed by atoms with van der Waals surface area (Å²) in [5, 5.41) is 6.03. The number of piperidine rings is 1. The van der Waals surface area contributed by atoms with Gasteiger partial charge in [-0.3, -0.25) is 9.59 Å². The fourth-order valence-electron chi connectivity index (χ4n) is 2.93. The quantitative estimate of drug-likeness (QED) is 0.845. The number of benzene rings is 1. The number of hydrogen-bond acceptors (Lipinski definition) is 3. The molecule has 5 heteroatoms. The van der Waals surface area contributed by atoms with Crippen molar-refractivity contribution in [2.45, 2.75) is 25.3 Å². The van der Waals surface area contributed by atoms with Gasteiger partial charge >= 0.3 is 0 Å². The Balaban J connectivity index is 1.77. The molecule has 2 N–H and O–H groups in total. The highest BCUT2D eigenvalue weighted by Gasteiger charge is 2.25. The molecule has 0 aliphatic carbocycles. The molecule has 1 atom stereocenters. The van der Waals surface area contributed by atoms with Gasteiger partial charge in [0.15, 0.2) is 0 Å². The van der Waals surface area contributed by atoms with Crippen LogP contribution < -0.4 is 10.6 Å². The van der Waals surface area contributed by atoms with E-state index in [2.05, 4.69) is 10.6 Å². The van der Waals surface area contributed by atoms with Crippen LogP contribution in [0, 0.1) is 0 Å². The minimum absolute atomic E-state index is 0.00202. The highest BCUT2D eigenvalue weighted by Crippen LogP contribution is 2.25. The van der Waals surface area contributed by atoms with Gasteiger partial charge in [-0.2, -0.15) is 0 Å². The molecule has 0 aromatic heterocycles. The molecule has 0 bridgehead atoms. The van der Waals surface area contributed by atoms with E-state index >= 15 is 0 Å². The topological polar surface area (TPSA) is 61.4 Å². The Kier molecular flexibility index (Phi) is 3.44.